The Morgan fingerprint density at radius 2 is 2.22 bits per heavy atom. The molecule has 1 heterocycles. The normalized spacial score (nSPS) is 24.7. The molecule has 0 aromatic carbocycles. The summed E-state index contributed by atoms with van der Waals surface area (Å²) in [6.45, 7) is 7.42. The summed E-state index contributed by atoms with van der Waals surface area (Å²) in [5, 5.41) is 9.11. The molecule has 0 aromatic heterocycles. The number of carboxylic acids is 1. The number of hydrogen-bond acceptors (Lipinski definition) is 3. The van der Waals surface area contributed by atoms with Crippen LogP contribution in [0, 0.1) is 5.92 Å². The molecule has 1 aliphatic heterocycles. The van der Waals surface area contributed by atoms with E-state index in [-0.39, 0.29) is 0 Å². The zero-order valence-electron chi connectivity index (χ0n) is 11.8. The predicted octanol–water partition coefficient (Wildman–Crippen LogP) is 2.08. The van der Waals surface area contributed by atoms with Crippen LogP contribution in [0.15, 0.2) is 0 Å². The first-order valence-corrected chi connectivity index (χ1v) is 7.26. The van der Waals surface area contributed by atoms with Crippen LogP contribution in [0.1, 0.15) is 52.4 Å². The van der Waals surface area contributed by atoms with Crippen LogP contribution in [0.5, 0.6) is 0 Å². The van der Waals surface area contributed by atoms with Gasteiger partial charge in [0.1, 0.15) is 5.54 Å². The number of aliphatic carboxylic acids is 1. The van der Waals surface area contributed by atoms with Crippen LogP contribution in [0.3, 0.4) is 0 Å². The van der Waals surface area contributed by atoms with Crippen LogP contribution in [-0.2, 0) is 4.79 Å². The lowest BCUT2D eigenvalue weighted by Crippen LogP contribution is -2.48. The molecule has 0 amide bonds. The number of nitrogens with two attached hydrogens (primary N) is 1. The lowest BCUT2D eigenvalue weighted by molar-refractivity contribution is -0.143. The largest absolute Gasteiger partial charge is 0.480 e. The zero-order valence-corrected chi connectivity index (χ0v) is 11.8. The highest BCUT2D eigenvalue weighted by Gasteiger charge is 2.31. The number of rotatable bonds is 7. The third-order valence-electron chi connectivity index (χ3n) is 4.33. The molecule has 4 heteroatoms. The van der Waals surface area contributed by atoms with Crippen LogP contribution in [0.2, 0.25) is 0 Å². The third-order valence-corrected chi connectivity index (χ3v) is 4.33. The monoisotopic (exact) mass is 256 g/mol. The third kappa shape index (κ3) is 4.25. The Hall–Kier alpha value is -0.610. The molecule has 1 aliphatic rings. The van der Waals surface area contributed by atoms with Crippen molar-refractivity contribution in [2.24, 2.45) is 11.7 Å². The molecular weight excluding hydrogens is 228 g/mol. The minimum atomic E-state index is -1.03. The van der Waals surface area contributed by atoms with Crippen molar-refractivity contribution < 1.29 is 9.90 Å². The van der Waals surface area contributed by atoms with E-state index >= 15 is 0 Å². The number of carbonyl (C=O) groups is 1. The first-order chi connectivity index (χ1) is 8.51. The topological polar surface area (TPSA) is 66.6 Å². The molecule has 2 atom stereocenters. The lowest BCUT2D eigenvalue weighted by Gasteiger charge is -2.33. The Morgan fingerprint density at radius 3 is 2.78 bits per heavy atom. The molecule has 106 valence electrons. The fraction of sp³-hybridized carbons (Fsp3) is 0.929. The second-order valence-electron chi connectivity index (χ2n) is 5.64. The standard InChI is InChI=1S/C14H28N2O2/c1-3-12-7-5-9-16(11-12)10-6-8-14(15,4-2)13(17)18/h12H,3-11,15H2,1-2H3,(H,17,18). The first-order valence-electron chi connectivity index (χ1n) is 7.26. The van der Waals surface area contributed by atoms with E-state index < -0.39 is 11.5 Å². The van der Waals surface area contributed by atoms with Crippen molar-refractivity contribution in [2.45, 2.75) is 57.9 Å². The van der Waals surface area contributed by atoms with Crippen molar-refractivity contribution in [2.75, 3.05) is 19.6 Å². The average molecular weight is 256 g/mol. The smallest absolute Gasteiger partial charge is 0.323 e. The highest BCUT2D eigenvalue weighted by molar-refractivity contribution is 5.78. The van der Waals surface area contributed by atoms with Crippen molar-refractivity contribution in [1.82, 2.24) is 4.90 Å². The molecule has 18 heavy (non-hydrogen) atoms. The summed E-state index contributed by atoms with van der Waals surface area (Å²) < 4.78 is 0. The summed E-state index contributed by atoms with van der Waals surface area (Å²) in [5.74, 6) is -0.0397. The Morgan fingerprint density at radius 1 is 1.50 bits per heavy atom. The maximum absolute atomic E-state index is 11.1. The summed E-state index contributed by atoms with van der Waals surface area (Å²) >= 11 is 0. The van der Waals surface area contributed by atoms with Gasteiger partial charge in [0, 0.05) is 6.54 Å². The first kappa shape index (κ1) is 15.4. The van der Waals surface area contributed by atoms with Gasteiger partial charge in [0.15, 0.2) is 0 Å². The van der Waals surface area contributed by atoms with E-state index in [1.54, 1.807) is 0 Å². The Kier molecular flexibility index (Phi) is 6.09. The van der Waals surface area contributed by atoms with Crippen LogP contribution >= 0.6 is 0 Å². The minimum Gasteiger partial charge on any atom is -0.480 e. The maximum Gasteiger partial charge on any atom is 0.323 e. The van der Waals surface area contributed by atoms with Crippen molar-refractivity contribution in [3.8, 4) is 0 Å². The summed E-state index contributed by atoms with van der Waals surface area (Å²) in [4.78, 5) is 13.6. The molecule has 4 nitrogen and oxygen atoms in total. The van der Waals surface area contributed by atoms with E-state index in [0.29, 0.717) is 12.8 Å². The second-order valence-corrected chi connectivity index (χ2v) is 5.64. The molecule has 1 fully saturated rings. The van der Waals surface area contributed by atoms with Crippen LogP contribution < -0.4 is 5.73 Å². The second kappa shape index (κ2) is 7.10. The van der Waals surface area contributed by atoms with Gasteiger partial charge in [-0.1, -0.05) is 20.3 Å². The molecule has 1 rings (SSSR count). The van der Waals surface area contributed by atoms with Gasteiger partial charge in [-0.15, -0.1) is 0 Å². The Labute approximate surface area is 111 Å². The van der Waals surface area contributed by atoms with Crippen LogP contribution in [0.25, 0.3) is 0 Å². The Balaban J connectivity index is 2.30. The molecule has 0 bridgehead atoms. The van der Waals surface area contributed by atoms with Gasteiger partial charge in [-0.2, -0.15) is 0 Å². The fourth-order valence-corrected chi connectivity index (χ4v) is 2.74. The molecule has 0 saturated carbocycles. The number of hydrogen-bond donors (Lipinski definition) is 2. The predicted molar refractivity (Wildman–Crippen MR) is 73.5 cm³/mol. The van der Waals surface area contributed by atoms with Crippen molar-refractivity contribution in [3.63, 3.8) is 0 Å². The van der Waals surface area contributed by atoms with Gasteiger partial charge in [0.25, 0.3) is 0 Å². The average Bonchev–Trinajstić information content (AvgIpc) is 2.38. The molecule has 0 aromatic rings. The fourth-order valence-electron chi connectivity index (χ4n) is 2.74. The molecule has 3 N–H and O–H groups in total. The SMILES string of the molecule is CCC1CCCN(CCCC(N)(CC)C(=O)O)C1. The number of carboxylic acid groups (broad SMARTS) is 1. The van der Waals surface area contributed by atoms with Gasteiger partial charge in [-0.05, 0) is 51.1 Å². The van der Waals surface area contributed by atoms with Crippen molar-refractivity contribution >= 4 is 5.97 Å². The van der Waals surface area contributed by atoms with Gasteiger partial charge in [0.05, 0.1) is 0 Å². The van der Waals surface area contributed by atoms with Crippen molar-refractivity contribution in [3.05, 3.63) is 0 Å². The number of likely N-dealkylation sites (tertiary alicyclic amines) is 1. The molecule has 0 radical (unpaired) electrons. The summed E-state index contributed by atoms with van der Waals surface area (Å²) in [6, 6.07) is 0. The Bertz CT molecular complexity index is 271. The molecular formula is C14H28N2O2. The van der Waals surface area contributed by atoms with Gasteiger partial charge in [-0.25, -0.2) is 0 Å². The minimum absolute atomic E-state index is 0.500. The van der Waals surface area contributed by atoms with E-state index in [2.05, 4.69) is 11.8 Å². The van der Waals surface area contributed by atoms with Gasteiger partial charge in [-0.3, -0.25) is 4.79 Å². The van der Waals surface area contributed by atoms with E-state index in [0.717, 1.165) is 25.4 Å². The van der Waals surface area contributed by atoms with E-state index in [9.17, 15) is 4.79 Å². The van der Waals surface area contributed by atoms with Gasteiger partial charge < -0.3 is 15.7 Å². The highest BCUT2D eigenvalue weighted by atomic mass is 16.4. The maximum atomic E-state index is 11.1. The number of nitrogens with zero attached hydrogens (tertiary/aromatic N) is 1. The van der Waals surface area contributed by atoms with E-state index in [1.807, 2.05) is 6.92 Å². The van der Waals surface area contributed by atoms with E-state index in [4.69, 9.17) is 10.8 Å². The quantitative estimate of drug-likeness (QED) is 0.732. The van der Waals surface area contributed by atoms with Gasteiger partial charge in [0.2, 0.25) is 0 Å². The highest BCUT2D eigenvalue weighted by Crippen LogP contribution is 2.20. The molecule has 2 unspecified atom stereocenters. The molecule has 0 spiro atoms. The lowest BCUT2D eigenvalue weighted by atomic mass is 9.91. The summed E-state index contributed by atoms with van der Waals surface area (Å²) in [5.41, 5.74) is 4.86. The van der Waals surface area contributed by atoms with Gasteiger partial charge >= 0.3 is 5.97 Å². The zero-order chi connectivity index (χ0) is 13.6. The van der Waals surface area contributed by atoms with E-state index in [1.165, 1.54) is 25.8 Å². The van der Waals surface area contributed by atoms with Crippen LogP contribution in [0.4, 0.5) is 0 Å². The molecule has 0 aliphatic carbocycles. The number of piperidine rings is 1. The molecule has 1 saturated heterocycles. The van der Waals surface area contributed by atoms with Crippen molar-refractivity contribution in [1.29, 1.82) is 0 Å². The summed E-state index contributed by atoms with van der Waals surface area (Å²) in [7, 11) is 0. The van der Waals surface area contributed by atoms with Crippen LogP contribution in [-0.4, -0.2) is 41.1 Å². The summed E-state index contributed by atoms with van der Waals surface area (Å²) in [6.07, 6.45) is 5.83.